The minimum Gasteiger partial charge on any atom is -0.378 e. The Kier molecular flexibility index (Phi) is 6.87. The normalized spacial score (nSPS) is 19.4. The van der Waals surface area contributed by atoms with Crippen LogP contribution >= 0.6 is 12.2 Å². The molecule has 2 fully saturated rings. The second-order valence-corrected chi connectivity index (χ2v) is 11.0. The zero-order valence-corrected chi connectivity index (χ0v) is 23.8. The monoisotopic (exact) mass is 537 g/mol. The predicted octanol–water partition coefficient (Wildman–Crippen LogP) is 6.12. The summed E-state index contributed by atoms with van der Waals surface area (Å²) in [6, 6.07) is 23.8. The van der Waals surface area contributed by atoms with Gasteiger partial charge in [-0.25, -0.2) is 0 Å². The highest BCUT2D eigenvalue weighted by Gasteiger charge is 2.42. The molecule has 0 amide bonds. The van der Waals surface area contributed by atoms with Gasteiger partial charge in [-0.1, -0.05) is 12.1 Å². The molecule has 2 aromatic carbocycles. The van der Waals surface area contributed by atoms with Crippen molar-refractivity contribution in [3.05, 3.63) is 107 Å². The van der Waals surface area contributed by atoms with Crippen molar-refractivity contribution in [1.29, 1.82) is 0 Å². The smallest absolute Gasteiger partial charge is 0.174 e. The van der Waals surface area contributed by atoms with E-state index in [9.17, 15) is 0 Å². The Bertz CT molecular complexity index is 1470. The first-order valence-electron chi connectivity index (χ1n) is 13.6. The van der Waals surface area contributed by atoms with Gasteiger partial charge < -0.3 is 24.4 Å². The van der Waals surface area contributed by atoms with E-state index in [1.807, 2.05) is 18.3 Å². The van der Waals surface area contributed by atoms with Crippen molar-refractivity contribution in [3.8, 4) is 5.69 Å². The zero-order chi connectivity index (χ0) is 27.1. The van der Waals surface area contributed by atoms with E-state index in [1.54, 1.807) is 0 Å². The lowest BCUT2D eigenvalue weighted by Crippen LogP contribution is -2.36. The van der Waals surface area contributed by atoms with Crippen molar-refractivity contribution in [1.82, 2.24) is 14.9 Å². The number of ether oxygens (including phenoxy) is 1. The molecule has 0 spiro atoms. The number of nitrogens with one attached hydrogen (secondary N) is 1. The third-order valence-electron chi connectivity index (χ3n) is 7.86. The molecular weight excluding hydrogens is 502 g/mol. The largest absolute Gasteiger partial charge is 0.378 e. The summed E-state index contributed by atoms with van der Waals surface area (Å²) < 4.78 is 7.91. The van der Waals surface area contributed by atoms with Crippen molar-refractivity contribution in [2.45, 2.75) is 39.8 Å². The summed E-state index contributed by atoms with van der Waals surface area (Å²) in [5.74, 6) is 0. The minimum absolute atomic E-state index is 0.0486. The SMILES string of the molecule is Cc1cc(C)cc(-n2c(C)cc(C3C(c4ccccn4)NC(=S)N3c3ccc(N4CCOCC4)cc3)c2C)c1. The number of hydrogen-bond donors (Lipinski definition) is 1. The molecule has 2 aromatic heterocycles. The molecule has 39 heavy (non-hydrogen) atoms. The molecule has 0 radical (unpaired) electrons. The third kappa shape index (κ3) is 4.81. The van der Waals surface area contributed by atoms with Gasteiger partial charge in [-0.2, -0.15) is 0 Å². The lowest BCUT2D eigenvalue weighted by Gasteiger charge is -2.31. The molecule has 6 nitrogen and oxygen atoms in total. The highest BCUT2D eigenvalue weighted by molar-refractivity contribution is 7.80. The van der Waals surface area contributed by atoms with E-state index in [0.717, 1.165) is 37.7 Å². The maximum absolute atomic E-state index is 6.00. The van der Waals surface area contributed by atoms with Crippen LogP contribution in [0.5, 0.6) is 0 Å². The molecule has 0 saturated carbocycles. The van der Waals surface area contributed by atoms with Gasteiger partial charge in [0.15, 0.2) is 5.11 Å². The molecule has 2 atom stereocenters. The molecule has 4 heterocycles. The van der Waals surface area contributed by atoms with Gasteiger partial charge in [0, 0.05) is 47.7 Å². The summed E-state index contributed by atoms with van der Waals surface area (Å²) in [5.41, 5.74) is 10.6. The van der Waals surface area contributed by atoms with Crippen LogP contribution in [0, 0.1) is 27.7 Å². The summed E-state index contributed by atoms with van der Waals surface area (Å²) in [6.45, 7) is 12.1. The van der Waals surface area contributed by atoms with Gasteiger partial charge in [0.05, 0.1) is 31.0 Å². The number of pyridine rings is 1. The van der Waals surface area contributed by atoms with E-state index in [-0.39, 0.29) is 12.1 Å². The van der Waals surface area contributed by atoms with Crippen molar-refractivity contribution in [2.24, 2.45) is 0 Å². The molecule has 7 heteroatoms. The van der Waals surface area contributed by atoms with Crippen LogP contribution in [0.1, 0.15) is 45.9 Å². The van der Waals surface area contributed by atoms with Crippen LogP contribution in [0.2, 0.25) is 0 Å². The van der Waals surface area contributed by atoms with E-state index in [1.165, 1.54) is 39.5 Å². The van der Waals surface area contributed by atoms with Gasteiger partial charge in [-0.15, -0.1) is 0 Å². The summed E-state index contributed by atoms with van der Waals surface area (Å²) in [7, 11) is 0. The Morgan fingerprint density at radius 1 is 0.846 bits per heavy atom. The van der Waals surface area contributed by atoms with E-state index in [4.69, 9.17) is 21.9 Å². The maximum Gasteiger partial charge on any atom is 0.174 e. The summed E-state index contributed by atoms with van der Waals surface area (Å²) in [4.78, 5) is 9.38. The average Bonchev–Trinajstić information content (AvgIpc) is 3.44. The Morgan fingerprint density at radius 2 is 1.54 bits per heavy atom. The Balaban J connectivity index is 1.44. The Hall–Kier alpha value is -3.68. The van der Waals surface area contributed by atoms with Crippen molar-refractivity contribution < 1.29 is 4.74 Å². The van der Waals surface area contributed by atoms with Crippen LogP contribution in [0.4, 0.5) is 11.4 Å². The second-order valence-electron chi connectivity index (χ2n) is 10.6. The first-order chi connectivity index (χ1) is 18.9. The van der Waals surface area contributed by atoms with E-state index in [2.05, 4.69) is 102 Å². The number of morpholine rings is 1. The molecule has 0 aliphatic carbocycles. The minimum atomic E-state index is -0.0779. The number of thiocarbonyl (C=S) groups is 1. The molecule has 4 aromatic rings. The van der Waals surface area contributed by atoms with Crippen LogP contribution in [0.3, 0.4) is 0 Å². The highest BCUT2D eigenvalue weighted by atomic mass is 32.1. The number of nitrogens with zero attached hydrogens (tertiary/aromatic N) is 4. The fourth-order valence-electron chi connectivity index (χ4n) is 6.16. The number of anilines is 2. The molecule has 2 saturated heterocycles. The van der Waals surface area contributed by atoms with Crippen molar-refractivity contribution in [3.63, 3.8) is 0 Å². The van der Waals surface area contributed by atoms with Gasteiger partial charge in [0.25, 0.3) is 0 Å². The topological polar surface area (TPSA) is 45.6 Å². The first-order valence-corrected chi connectivity index (χ1v) is 14.0. The Morgan fingerprint density at radius 3 is 2.21 bits per heavy atom. The molecule has 1 N–H and O–H groups in total. The lowest BCUT2D eigenvalue weighted by atomic mass is 9.96. The fourth-order valence-corrected chi connectivity index (χ4v) is 6.50. The molecule has 6 rings (SSSR count). The van der Waals surface area contributed by atoms with Gasteiger partial charge >= 0.3 is 0 Å². The van der Waals surface area contributed by atoms with Gasteiger partial charge in [-0.05, 0) is 111 Å². The number of aromatic nitrogens is 2. The summed E-state index contributed by atoms with van der Waals surface area (Å²) in [6.07, 6.45) is 1.86. The number of aryl methyl sites for hydroxylation is 3. The first kappa shape index (κ1) is 25.6. The number of hydrogen-bond acceptors (Lipinski definition) is 4. The molecule has 2 unspecified atom stereocenters. The van der Waals surface area contributed by atoms with Crippen molar-refractivity contribution >= 4 is 28.7 Å². The average molecular weight is 538 g/mol. The van der Waals surface area contributed by atoms with Gasteiger partial charge in [0.2, 0.25) is 0 Å². The lowest BCUT2D eigenvalue weighted by molar-refractivity contribution is 0.122. The quantitative estimate of drug-likeness (QED) is 0.310. The molecule has 200 valence electrons. The van der Waals surface area contributed by atoms with Crippen LogP contribution in [-0.2, 0) is 4.74 Å². The van der Waals surface area contributed by atoms with Crippen molar-refractivity contribution in [2.75, 3.05) is 36.1 Å². The second kappa shape index (κ2) is 10.5. The Labute approximate surface area is 236 Å². The van der Waals surface area contributed by atoms with Crippen LogP contribution in [0.15, 0.2) is 72.9 Å². The standard InChI is InChI=1S/C32H35N5OS/c1-21-17-22(2)19-27(18-21)36-23(3)20-28(24(36)4)31-30(29-7-5-6-12-33-29)34-32(39)37(31)26-10-8-25(9-11-26)35-13-15-38-16-14-35/h5-12,17-20,30-31H,13-16H2,1-4H3,(H,34,39). The van der Waals surface area contributed by atoms with Gasteiger partial charge in [0.1, 0.15) is 0 Å². The summed E-state index contributed by atoms with van der Waals surface area (Å²) >= 11 is 6.00. The molecule has 2 aliphatic heterocycles. The fraction of sp³-hybridized carbons (Fsp3) is 0.312. The molecular formula is C32H35N5OS. The zero-order valence-electron chi connectivity index (χ0n) is 23.0. The highest BCUT2D eigenvalue weighted by Crippen LogP contribution is 2.44. The van der Waals surface area contributed by atoms with Crippen LogP contribution < -0.4 is 15.1 Å². The van der Waals surface area contributed by atoms with Crippen LogP contribution in [0.25, 0.3) is 5.69 Å². The van der Waals surface area contributed by atoms with E-state index < -0.39 is 0 Å². The van der Waals surface area contributed by atoms with E-state index >= 15 is 0 Å². The summed E-state index contributed by atoms with van der Waals surface area (Å²) in [5, 5.41) is 4.33. The van der Waals surface area contributed by atoms with Gasteiger partial charge in [-0.3, -0.25) is 4.98 Å². The number of benzene rings is 2. The molecule has 2 aliphatic rings. The van der Waals surface area contributed by atoms with E-state index in [0.29, 0.717) is 5.11 Å². The van der Waals surface area contributed by atoms with Crippen LogP contribution in [-0.4, -0.2) is 41.0 Å². The maximum atomic E-state index is 6.00. The number of rotatable bonds is 5. The third-order valence-corrected chi connectivity index (χ3v) is 8.17. The molecule has 0 bridgehead atoms. The predicted molar refractivity (Wildman–Crippen MR) is 162 cm³/mol.